The fourth-order valence-electron chi connectivity index (χ4n) is 4.92. The molecule has 2 unspecified atom stereocenters. The highest BCUT2D eigenvalue weighted by molar-refractivity contribution is 6.09. The van der Waals surface area contributed by atoms with Crippen molar-refractivity contribution < 1.29 is 9.53 Å². The first-order valence-corrected chi connectivity index (χ1v) is 10.2. The molecular weight excluding hydrogens is 346 g/mol. The molecule has 142 valence electrons. The summed E-state index contributed by atoms with van der Waals surface area (Å²) in [6.07, 6.45) is 1.76. The summed E-state index contributed by atoms with van der Waals surface area (Å²) in [5, 5.41) is 2.21. The fourth-order valence-corrected chi connectivity index (χ4v) is 4.92. The van der Waals surface area contributed by atoms with Gasteiger partial charge in [0.2, 0.25) is 0 Å². The van der Waals surface area contributed by atoms with E-state index in [1.54, 1.807) is 0 Å². The first-order chi connectivity index (χ1) is 13.8. The fraction of sp³-hybridized carbons (Fsp3) is 0.320. The lowest BCUT2D eigenvalue weighted by atomic mass is 9.79. The van der Waals surface area contributed by atoms with Gasteiger partial charge in [0, 0.05) is 30.1 Å². The van der Waals surface area contributed by atoms with Gasteiger partial charge in [-0.15, -0.1) is 0 Å². The molecule has 0 radical (unpaired) electrons. The molecule has 3 aromatic carbocycles. The Labute approximate surface area is 165 Å². The van der Waals surface area contributed by atoms with E-state index in [0.717, 1.165) is 48.9 Å². The second-order valence-electron chi connectivity index (χ2n) is 8.06. The van der Waals surface area contributed by atoms with Crippen LogP contribution in [0.25, 0.3) is 10.8 Å². The number of ketones is 1. The van der Waals surface area contributed by atoms with Crippen molar-refractivity contribution in [3.05, 3.63) is 83.9 Å². The molecular formula is C25H25NO2. The van der Waals surface area contributed by atoms with Gasteiger partial charge in [0.25, 0.3) is 0 Å². The van der Waals surface area contributed by atoms with E-state index in [9.17, 15) is 4.79 Å². The minimum atomic E-state index is 0.0803. The van der Waals surface area contributed by atoms with Crippen molar-refractivity contribution in [3.63, 3.8) is 0 Å². The molecule has 2 heterocycles. The van der Waals surface area contributed by atoms with Gasteiger partial charge in [0.1, 0.15) is 0 Å². The van der Waals surface area contributed by atoms with Crippen molar-refractivity contribution >= 4 is 16.6 Å². The van der Waals surface area contributed by atoms with Gasteiger partial charge in [-0.25, -0.2) is 0 Å². The Morgan fingerprint density at radius 2 is 1.54 bits per heavy atom. The average Bonchev–Trinajstić information content (AvgIpc) is 2.73. The van der Waals surface area contributed by atoms with Crippen LogP contribution in [0, 0.1) is 5.92 Å². The largest absolute Gasteiger partial charge is 0.378 e. The number of hydrogen-bond donors (Lipinski definition) is 0. The van der Waals surface area contributed by atoms with Crippen molar-refractivity contribution in [2.24, 2.45) is 5.92 Å². The van der Waals surface area contributed by atoms with Crippen LogP contribution in [0.15, 0.2) is 72.8 Å². The van der Waals surface area contributed by atoms with Crippen LogP contribution in [0.5, 0.6) is 0 Å². The van der Waals surface area contributed by atoms with Crippen LogP contribution in [-0.4, -0.2) is 36.0 Å². The first-order valence-electron chi connectivity index (χ1n) is 10.2. The number of ether oxygens (including phenoxy) is 1. The molecule has 2 saturated heterocycles. The van der Waals surface area contributed by atoms with Gasteiger partial charge in [-0.2, -0.15) is 0 Å². The van der Waals surface area contributed by atoms with E-state index in [1.165, 1.54) is 5.56 Å². The van der Waals surface area contributed by atoms with Gasteiger partial charge in [-0.1, -0.05) is 72.8 Å². The standard InChI is InChI=1S/C25H25NO2/c27-25(24-12-6-10-19-9-4-5-11-23(19)24)20-13-21-16-28-17-22(14-20)26(21)15-18-7-2-1-3-8-18/h1-12,20-22H,13-17H2. The predicted molar refractivity (Wildman–Crippen MR) is 111 cm³/mol. The molecule has 0 spiro atoms. The minimum absolute atomic E-state index is 0.0803. The Kier molecular flexibility index (Phi) is 4.71. The maximum Gasteiger partial charge on any atom is 0.166 e. The first kappa shape index (κ1) is 17.6. The molecule has 3 aromatic rings. The lowest BCUT2D eigenvalue weighted by molar-refractivity contribution is -0.0872. The molecule has 28 heavy (non-hydrogen) atoms. The van der Waals surface area contributed by atoms with Crippen molar-refractivity contribution in [1.82, 2.24) is 4.90 Å². The normalized spacial score (nSPS) is 24.9. The number of piperidine rings is 1. The highest BCUT2D eigenvalue weighted by Gasteiger charge is 2.41. The van der Waals surface area contributed by atoms with E-state index < -0.39 is 0 Å². The Hall–Kier alpha value is -2.49. The number of nitrogens with zero attached hydrogens (tertiary/aromatic N) is 1. The maximum atomic E-state index is 13.5. The van der Waals surface area contributed by atoms with Crippen molar-refractivity contribution in [2.75, 3.05) is 13.2 Å². The summed E-state index contributed by atoms with van der Waals surface area (Å²) >= 11 is 0. The number of hydrogen-bond acceptors (Lipinski definition) is 3. The molecule has 5 rings (SSSR count). The Balaban J connectivity index is 1.39. The molecule has 2 bridgehead atoms. The number of carbonyl (C=O) groups is 1. The third-order valence-electron chi connectivity index (χ3n) is 6.31. The maximum absolute atomic E-state index is 13.5. The monoisotopic (exact) mass is 371 g/mol. The van der Waals surface area contributed by atoms with Gasteiger partial charge in [0.15, 0.2) is 5.78 Å². The summed E-state index contributed by atoms with van der Waals surface area (Å²) in [6.45, 7) is 2.39. The minimum Gasteiger partial charge on any atom is -0.378 e. The van der Waals surface area contributed by atoms with Gasteiger partial charge < -0.3 is 4.74 Å². The molecule has 2 aliphatic rings. The van der Waals surface area contributed by atoms with Crippen LogP contribution in [-0.2, 0) is 11.3 Å². The summed E-state index contributed by atoms with van der Waals surface area (Å²) in [6, 6.07) is 25.5. The van der Waals surface area contributed by atoms with E-state index in [4.69, 9.17) is 4.74 Å². The summed E-state index contributed by atoms with van der Waals surface area (Å²) in [7, 11) is 0. The number of carbonyl (C=O) groups excluding carboxylic acids is 1. The van der Waals surface area contributed by atoms with Crippen molar-refractivity contribution in [2.45, 2.75) is 31.5 Å². The second kappa shape index (κ2) is 7.50. The van der Waals surface area contributed by atoms with E-state index in [0.29, 0.717) is 17.9 Å². The van der Waals surface area contributed by atoms with Crippen LogP contribution in [0.2, 0.25) is 0 Å². The smallest absolute Gasteiger partial charge is 0.166 e. The molecule has 0 aliphatic carbocycles. The second-order valence-corrected chi connectivity index (χ2v) is 8.06. The number of benzene rings is 3. The highest BCUT2D eigenvalue weighted by Crippen LogP contribution is 2.35. The highest BCUT2D eigenvalue weighted by atomic mass is 16.5. The molecule has 2 fully saturated rings. The summed E-state index contributed by atoms with van der Waals surface area (Å²) in [5.41, 5.74) is 2.21. The van der Waals surface area contributed by atoms with E-state index >= 15 is 0 Å². The Bertz CT molecular complexity index is 965. The SMILES string of the molecule is O=C(c1cccc2ccccc12)C1CC2COCC(C1)N2Cc1ccccc1. The topological polar surface area (TPSA) is 29.5 Å². The van der Waals surface area contributed by atoms with E-state index in [2.05, 4.69) is 53.4 Å². The van der Waals surface area contributed by atoms with Crippen molar-refractivity contribution in [1.29, 1.82) is 0 Å². The molecule has 0 aromatic heterocycles. The lowest BCUT2D eigenvalue weighted by Crippen LogP contribution is -2.57. The molecule has 0 N–H and O–H groups in total. The van der Waals surface area contributed by atoms with Crippen molar-refractivity contribution in [3.8, 4) is 0 Å². The molecule has 2 atom stereocenters. The zero-order valence-electron chi connectivity index (χ0n) is 16.0. The molecule has 0 amide bonds. The predicted octanol–water partition coefficient (Wildman–Crippen LogP) is 4.70. The average molecular weight is 371 g/mol. The zero-order chi connectivity index (χ0) is 18.9. The Morgan fingerprint density at radius 1 is 0.857 bits per heavy atom. The third-order valence-corrected chi connectivity index (χ3v) is 6.31. The number of rotatable bonds is 4. The van der Waals surface area contributed by atoms with Gasteiger partial charge >= 0.3 is 0 Å². The summed E-state index contributed by atoms with van der Waals surface area (Å²) in [4.78, 5) is 16.0. The number of fused-ring (bicyclic) bond motifs is 3. The van der Waals surface area contributed by atoms with Crippen LogP contribution in [0.3, 0.4) is 0 Å². The Morgan fingerprint density at radius 3 is 2.32 bits per heavy atom. The van der Waals surface area contributed by atoms with E-state index in [-0.39, 0.29) is 5.92 Å². The quantitative estimate of drug-likeness (QED) is 0.623. The summed E-state index contributed by atoms with van der Waals surface area (Å²) < 4.78 is 5.86. The number of morpholine rings is 1. The lowest BCUT2D eigenvalue weighted by Gasteiger charge is -2.48. The molecule has 3 heteroatoms. The number of Topliss-reactive ketones (excluding diaryl/α,β-unsaturated/α-hetero) is 1. The molecule has 3 nitrogen and oxygen atoms in total. The third kappa shape index (κ3) is 3.25. The molecule has 0 saturated carbocycles. The zero-order valence-corrected chi connectivity index (χ0v) is 16.0. The van der Waals surface area contributed by atoms with Crippen LogP contribution < -0.4 is 0 Å². The van der Waals surface area contributed by atoms with Gasteiger partial charge in [0.05, 0.1) is 13.2 Å². The molecule has 2 aliphatic heterocycles. The van der Waals surface area contributed by atoms with Gasteiger partial charge in [-0.05, 0) is 29.2 Å². The van der Waals surface area contributed by atoms with Crippen LogP contribution in [0.4, 0.5) is 0 Å². The summed E-state index contributed by atoms with van der Waals surface area (Å²) in [5.74, 6) is 0.379. The van der Waals surface area contributed by atoms with E-state index in [1.807, 2.05) is 24.3 Å². The van der Waals surface area contributed by atoms with Crippen LogP contribution >= 0.6 is 0 Å². The van der Waals surface area contributed by atoms with Gasteiger partial charge in [-0.3, -0.25) is 9.69 Å². The van der Waals surface area contributed by atoms with Crippen LogP contribution in [0.1, 0.15) is 28.8 Å².